The molecule has 150 valence electrons. The van der Waals surface area contributed by atoms with Crippen molar-refractivity contribution >= 4 is 27.6 Å². The molecule has 4 aromatic rings. The van der Waals surface area contributed by atoms with E-state index in [0.717, 1.165) is 47.7 Å². The number of aromatic nitrogens is 1. The van der Waals surface area contributed by atoms with Crippen molar-refractivity contribution in [2.45, 2.75) is 19.0 Å². The minimum atomic E-state index is 0.0519. The van der Waals surface area contributed by atoms with Crippen LogP contribution in [0.2, 0.25) is 0 Å². The van der Waals surface area contributed by atoms with Crippen LogP contribution in [0.4, 0.5) is 0 Å². The Labute approximate surface area is 176 Å². The fourth-order valence-electron chi connectivity index (χ4n) is 4.56. The maximum absolute atomic E-state index is 13.5. The van der Waals surface area contributed by atoms with Crippen molar-refractivity contribution in [3.63, 3.8) is 0 Å². The van der Waals surface area contributed by atoms with Gasteiger partial charge in [0, 0.05) is 44.3 Å². The fourth-order valence-corrected chi connectivity index (χ4v) is 4.56. The number of likely N-dealkylation sites (N-methyl/N-ethyl adjacent to an activating group) is 1. The van der Waals surface area contributed by atoms with Gasteiger partial charge >= 0.3 is 0 Å². The molecule has 1 fully saturated rings. The van der Waals surface area contributed by atoms with E-state index in [-0.39, 0.29) is 11.9 Å². The number of carbonyl (C=O) groups is 1. The highest BCUT2D eigenvalue weighted by Gasteiger charge is 2.30. The molecule has 1 aliphatic rings. The Bertz CT molecular complexity index is 1200. The molecule has 0 bridgehead atoms. The number of likely N-dealkylation sites (tertiary alicyclic amines) is 1. The van der Waals surface area contributed by atoms with Crippen LogP contribution in [0, 0.1) is 0 Å². The molecule has 0 radical (unpaired) electrons. The van der Waals surface area contributed by atoms with Gasteiger partial charge in [0.15, 0.2) is 0 Å². The Kier molecular flexibility index (Phi) is 4.93. The van der Waals surface area contributed by atoms with Crippen molar-refractivity contribution in [3.05, 3.63) is 90.1 Å². The van der Waals surface area contributed by atoms with E-state index in [0.29, 0.717) is 5.56 Å². The average Bonchev–Trinajstić information content (AvgIpc) is 3.26. The van der Waals surface area contributed by atoms with Gasteiger partial charge < -0.3 is 4.90 Å². The van der Waals surface area contributed by atoms with Crippen LogP contribution in [0.15, 0.2) is 79.0 Å². The summed E-state index contributed by atoms with van der Waals surface area (Å²) in [5.41, 5.74) is 2.79. The first kappa shape index (κ1) is 18.8. The molecular formula is C26H25N3O. The van der Waals surface area contributed by atoms with Crippen LogP contribution in [0.1, 0.15) is 22.3 Å². The smallest absolute Gasteiger partial charge is 0.256 e. The third kappa shape index (κ3) is 3.44. The number of rotatable bonds is 4. The third-order valence-electron chi connectivity index (χ3n) is 6.21. The average molecular weight is 396 g/mol. The van der Waals surface area contributed by atoms with Crippen LogP contribution >= 0.6 is 0 Å². The van der Waals surface area contributed by atoms with Gasteiger partial charge in [-0.05, 0) is 34.9 Å². The first-order valence-corrected chi connectivity index (χ1v) is 10.5. The van der Waals surface area contributed by atoms with Gasteiger partial charge in [-0.15, -0.1) is 0 Å². The molecule has 1 aromatic heterocycles. The zero-order valence-electron chi connectivity index (χ0n) is 17.2. The molecular weight excluding hydrogens is 370 g/mol. The molecule has 0 aliphatic carbocycles. The summed E-state index contributed by atoms with van der Waals surface area (Å²) in [7, 11) is 1.93. The summed E-state index contributed by atoms with van der Waals surface area (Å²) in [6.07, 6.45) is 2.76. The molecule has 0 saturated carbocycles. The molecule has 1 unspecified atom stereocenters. The molecule has 4 heteroatoms. The topological polar surface area (TPSA) is 36.4 Å². The van der Waals surface area contributed by atoms with Crippen LogP contribution < -0.4 is 0 Å². The lowest BCUT2D eigenvalue weighted by Crippen LogP contribution is -2.39. The Balaban J connectivity index is 1.41. The first-order chi connectivity index (χ1) is 14.7. The molecule has 1 atom stereocenters. The van der Waals surface area contributed by atoms with Crippen molar-refractivity contribution in [3.8, 4) is 0 Å². The van der Waals surface area contributed by atoms with Crippen LogP contribution in [-0.2, 0) is 6.54 Å². The predicted molar refractivity (Wildman–Crippen MR) is 121 cm³/mol. The molecule has 5 rings (SSSR count). The predicted octanol–water partition coefficient (Wildman–Crippen LogP) is 4.73. The highest BCUT2D eigenvalue weighted by molar-refractivity contribution is 6.15. The highest BCUT2D eigenvalue weighted by atomic mass is 16.2. The molecule has 0 N–H and O–H groups in total. The summed E-state index contributed by atoms with van der Waals surface area (Å²) < 4.78 is 0. The van der Waals surface area contributed by atoms with Gasteiger partial charge in [0.2, 0.25) is 0 Å². The number of benzene rings is 3. The lowest BCUT2D eigenvalue weighted by atomic mass is 9.99. The molecule has 4 nitrogen and oxygen atoms in total. The lowest BCUT2D eigenvalue weighted by Gasteiger charge is -2.26. The second-order valence-electron chi connectivity index (χ2n) is 8.12. The van der Waals surface area contributed by atoms with E-state index in [4.69, 9.17) is 0 Å². The summed E-state index contributed by atoms with van der Waals surface area (Å²) in [6.45, 7) is 2.84. The van der Waals surface area contributed by atoms with Crippen LogP contribution in [-0.4, -0.2) is 46.9 Å². The summed E-state index contributed by atoms with van der Waals surface area (Å²) in [4.78, 5) is 22.4. The number of nitrogens with zero attached hydrogens (tertiary/aromatic N) is 3. The number of amides is 1. The Morgan fingerprint density at radius 2 is 1.80 bits per heavy atom. The van der Waals surface area contributed by atoms with Crippen LogP contribution in [0.5, 0.6) is 0 Å². The van der Waals surface area contributed by atoms with E-state index >= 15 is 0 Å². The molecule has 30 heavy (non-hydrogen) atoms. The Morgan fingerprint density at radius 3 is 2.67 bits per heavy atom. The quantitative estimate of drug-likeness (QED) is 0.469. The minimum Gasteiger partial charge on any atom is -0.337 e. The van der Waals surface area contributed by atoms with Gasteiger partial charge in [0.25, 0.3) is 5.91 Å². The fraction of sp³-hybridized carbons (Fsp3) is 0.231. The van der Waals surface area contributed by atoms with E-state index in [1.54, 1.807) is 6.20 Å². The standard InChI is InChI=1S/C26H25N3O/c1-28(21-13-15-29(18-21)17-19-8-3-2-4-9-19)26(30)24-16-20-10-5-6-11-22(20)23-12-7-14-27-25(23)24/h2-12,14,16,21H,13,15,17-18H2,1H3. The molecule has 1 aliphatic heterocycles. The van der Waals surface area contributed by atoms with Crippen molar-refractivity contribution in [2.75, 3.05) is 20.1 Å². The van der Waals surface area contributed by atoms with E-state index in [1.165, 1.54) is 5.56 Å². The van der Waals surface area contributed by atoms with Gasteiger partial charge in [-0.3, -0.25) is 14.7 Å². The van der Waals surface area contributed by atoms with Crippen molar-refractivity contribution < 1.29 is 4.79 Å². The second kappa shape index (κ2) is 7.88. The van der Waals surface area contributed by atoms with Crippen LogP contribution in [0.25, 0.3) is 21.7 Å². The van der Waals surface area contributed by atoms with Crippen molar-refractivity contribution in [1.29, 1.82) is 0 Å². The van der Waals surface area contributed by atoms with Crippen molar-refractivity contribution in [1.82, 2.24) is 14.8 Å². The maximum atomic E-state index is 13.5. The number of fused-ring (bicyclic) bond motifs is 3. The van der Waals surface area contributed by atoms with E-state index < -0.39 is 0 Å². The number of carbonyl (C=O) groups excluding carboxylic acids is 1. The lowest BCUT2D eigenvalue weighted by molar-refractivity contribution is 0.0737. The second-order valence-corrected chi connectivity index (χ2v) is 8.12. The van der Waals surface area contributed by atoms with E-state index in [2.05, 4.69) is 52.3 Å². The van der Waals surface area contributed by atoms with Crippen LogP contribution in [0.3, 0.4) is 0 Å². The first-order valence-electron chi connectivity index (χ1n) is 10.5. The molecule has 2 heterocycles. The minimum absolute atomic E-state index is 0.0519. The summed E-state index contributed by atoms with van der Waals surface area (Å²) in [5, 5.41) is 3.24. The largest absolute Gasteiger partial charge is 0.337 e. The van der Waals surface area contributed by atoms with Gasteiger partial charge in [0.05, 0.1) is 11.1 Å². The maximum Gasteiger partial charge on any atom is 0.256 e. The summed E-state index contributed by atoms with van der Waals surface area (Å²) in [5.74, 6) is 0.0519. The number of pyridine rings is 1. The SMILES string of the molecule is CN(C(=O)c1cc2ccccc2c2cccnc12)C1CCN(Cc2ccccc2)C1. The molecule has 3 aromatic carbocycles. The Hall–Kier alpha value is -3.24. The molecule has 1 amide bonds. The van der Waals surface area contributed by atoms with E-state index in [1.807, 2.05) is 42.3 Å². The Morgan fingerprint density at radius 1 is 1.03 bits per heavy atom. The summed E-state index contributed by atoms with van der Waals surface area (Å²) in [6, 6.07) is 24.9. The zero-order valence-corrected chi connectivity index (χ0v) is 17.2. The molecule has 0 spiro atoms. The van der Waals surface area contributed by atoms with E-state index in [9.17, 15) is 4.79 Å². The van der Waals surface area contributed by atoms with Gasteiger partial charge in [-0.2, -0.15) is 0 Å². The van der Waals surface area contributed by atoms with Crippen molar-refractivity contribution in [2.24, 2.45) is 0 Å². The molecule has 1 saturated heterocycles. The zero-order chi connectivity index (χ0) is 20.5. The summed E-state index contributed by atoms with van der Waals surface area (Å²) >= 11 is 0. The number of hydrogen-bond acceptors (Lipinski definition) is 3. The monoisotopic (exact) mass is 395 g/mol. The third-order valence-corrected chi connectivity index (χ3v) is 6.21. The van der Waals surface area contributed by atoms with Gasteiger partial charge in [-0.1, -0.05) is 60.7 Å². The highest BCUT2D eigenvalue weighted by Crippen LogP contribution is 2.29. The number of hydrogen-bond donors (Lipinski definition) is 0. The van der Waals surface area contributed by atoms with Gasteiger partial charge in [0.1, 0.15) is 0 Å². The van der Waals surface area contributed by atoms with Gasteiger partial charge in [-0.25, -0.2) is 0 Å². The normalized spacial score (nSPS) is 16.9.